The maximum atomic E-state index is 11.8. The van der Waals surface area contributed by atoms with Crippen molar-refractivity contribution in [1.29, 1.82) is 0 Å². The van der Waals surface area contributed by atoms with Crippen LogP contribution in [0.25, 0.3) is 0 Å². The Kier molecular flexibility index (Phi) is 6.24. The molecule has 0 amide bonds. The van der Waals surface area contributed by atoms with Gasteiger partial charge in [-0.15, -0.1) is 0 Å². The van der Waals surface area contributed by atoms with Crippen molar-refractivity contribution in [2.24, 2.45) is 0 Å². The summed E-state index contributed by atoms with van der Waals surface area (Å²) in [4.78, 5) is 0. The van der Waals surface area contributed by atoms with Gasteiger partial charge in [-0.1, -0.05) is 12.1 Å². The Morgan fingerprint density at radius 3 is 1.76 bits per heavy atom. The molecule has 12 heteroatoms. The van der Waals surface area contributed by atoms with Gasteiger partial charge in [-0.2, -0.15) is 0 Å². The third-order valence-corrected chi connectivity index (χ3v) is 7.67. The van der Waals surface area contributed by atoms with E-state index in [4.69, 9.17) is 9.47 Å². The minimum Gasteiger partial charge on any atom is -0.508 e. The highest BCUT2D eigenvalue weighted by atomic mass is 16.5. The Hall–Kier alpha value is -5.20. The van der Waals surface area contributed by atoms with E-state index in [0.717, 1.165) is 12.1 Å². The number of hydrogen-bond acceptors (Lipinski definition) is 12. The molecule has 12 nitrogen and oxygen atoms in total. The monoisotopic (exact) mass is 578 g/mol. The fourth-order valence-corrected chi connectivity index (χ4v) is 5.71. The maximum Gasteiger partial charge on any atom is 0.157 e. The second-order valence-corrected chi connectivity index (χ2v) is 10.3. The molecule has 5 atom stereocenters. The van der Waals surface area contributed by atoms with Gasteiger partial charge in [0.15, 0.2) is 29.1 Å². The van der Waals surface area contributed by atoms with Crippen molar-refractivity contribution in [3.63, 3.8) is 0 Å². The number of fused-ring (bicyclic) bond motifs is 2. The molecular weight excluding hydrogens is 552 g/mol. The Morgan fingerprint density at radius 1 is 0.548 bits per heavy atom. The fraction of sp³-hybridized carbons (Fsp3) is 0.200. The molecule has 2 heterocycles. The lowest BCUT2D eigenvalue weighted by molar-refractivity contribution is 0.00115. The van der Waals surface area contributed by atoms with Gasteiger partial charge in [0.1, 0.15) is 46.7 Å². The van der Waals surface area contributed by atoms with E-state index in [1.807, 2.05) is 0 Å². The minimum absolute atomic E-state index is 0.0312. The van der Waals surface area contributed by atoms with Crippen LogP contribution < -0.4 is 9.47 Å². The molecule has 2 aliphatic rings. The van der Waals surface area contributed by atoms with E-state index in [0.29, 0.717) is 0 Å². The van der Waals surface area contributed by atoms with Crippen molar-refractivity contribution >= 4 is 0 Å². The van der Waals surface area contributed by atoms with Crippen LogP contribution in [0.3, 0.4) is 0 Å². The van der Waals surface area contributed by atoms with Gasteiger partial charge in [0.2, 0.25) is 0 Å². The molecule has 0 aliphatic carbocycles. The molecule has 6 rings (SSSR count). The number of aliphatic hydroxyl groups excluding tert-OH is 2. The summed E-state index contributed by atoms with van der Waals surface area (Å²) in [5, 5.41) is 105. The van der Waals surface area contributed by atoms with Crippen molar-refractivity contribution < 1.29 is 60.5 Å². The van der Waals surface area contributed by atoms with E-state index >= 15 is 0 Å². The number of hydrogen-bond donors (Lipinski definition) is 10. The van der Waals surface area contributed by atoms with E-state index in [2.05, 4.69) is 0 Å². The maximum absolute atomic E-state index is 11.8. The zero-order chi connectivity index (χ0) is 30.0. The summed E-state index contributed by atoms with van der Waals surface area (Å²) in [6.45, 7) is 0. The largest absolute Gasteiger partial charge is 0.508 e. The average Bonchev–Trinajstić information content (AvgIpc) is 2.93. The van der Waals surface area contributed by atoms with E-state index in [1.165, 1.54) is 42.5 Å². The summed E-state index contributed by atoms with van der Waals surface area (Å²) >= 11 is 0. The third-order valence-electron chi connectivity index (χ3n) is 7.67. The molecule has 0 unspecified atom stereocenters. The Morgan fingerprint density at radius 2 is 1.14 bits per heavy atom. The standard InChI is InChI=1S/C30H26O12/c31-13-7-20(37)24-23(8-13)41-29(12-2-4-16(33)19(36)6-12)27(40)26(24)25-21(38)10-17(34)14-9-22(39)28(42-30(14)25)11-1-3-15(32)18(35)5-11/h1-8,10,22,26-29,31-40H,9H2/t22-,26-,27-,28-,29+/m0/s1. The number of phenolic OH excluding ortho intramolecular Hbond substituents is 8. The van der Waals surface area contributed by atoms with Crippen LogP contribution >= 0.6 is 0 Å². The average molecular weight is 579 g/mol. The molecule has 0 saturated carbocycles. The molecule has 0 bridgehead atoms. The molecule has 10 N–H and O–H groups in total. The summed E-state index contributed by atoms with van der Waals surface area (Å²) in [7, 11) is 0. The van der Waals surface area contributed by atoms with Crippen molar-refractivity contribution in [3.05, 3.63) is 82.4 Å². The minimum atomic E-state index is -1.59. The zero-order valence-corrected chi connectivity index (χ0v) is 21.6. The van der Waals surface area contributed by atoms with E-state index < -0.39 is 70.6 Å². The number of aromatic hydroxyl groups is 8. The van der Waals surface area contributed by atoms with Crippen LogP contribution in [-0.4, -0.2) is 63.3 Å². The third kappa shape index (κ3) is 4.24. The molecule has 0 aromatic heterocycles. The molecule has 0 fully saturated rings. The predicted octanol–water partition coefficient (Wildman–Crippen LogP) is 3.00. The molecular formula is C30H26O12. The highest BCUT2D eigenvalue weighted by Gasteiger charge is 2.46. The number of ether oxygens (including phenoxy) is 2. The normalized spacial score (nSPS) is 22.9. The van der Waals surface area contributed by atoms with Crippen LogP contribution in [0, 0.1) is 0 Å². The lowest BCUT2D eigenvalue weighted by Gasteiger charge is -2.40. The predicted molar refractivity (Wildman–Crippen MR) is 143 cm³/mol. The molecule has 4 aromatic rings. The number of phenols is 8. The number of benzene rings is 4. The van der Waals surface area contributed by atoms with Gasteiger partial charge >= 0.3 is 0 Å². The van der Waals surface area contributed by atoms with Gasteiger partial charge in [-0.3, -0.25) is 0 Å². The van der Waals surface area contributed by atoms with E-state index in [9.17, 15) is 51.1 Å². The van der Waals surface area contributed by atoms with Gasteiger partial charge in [-0.25, -0.2) is 0 Å². The number of rotatable bonds is 3. The van der Waals surface area contributed by atoms with Crippen molar-refractivity contribution in [1.82, 2.24) is 0 Å². The van der Waals surface area contributed by atoms with Crippen LogP contribution in [0.1, 0.15) is 45.9 Å². The molecule has 4 aromatic carbocycles. The summed E-state index contributed by atoms with van der Waals surface area (Å²) in [5.74, 6) is -5.08. The smallest absolute Gasteiger partial charge is 0.157 e. The lowest BCUT2D eigenvalue weighted by Crippen LogP contribution is -2.36. The van der Waals surface area contributed by atoms with Gasteiger partial charge in [0.05, 0.1) is 12.0 Å². The lowest BCUT2D eigenvalue weighted by atomic mass is 9.77. The van der Waals surface area contributed by atoms with E-state index in [1.54, 1.807) is 0 Å². The van der Waals surface area contributed by atoms with Crippen molar-refractivity contribution in [2.75, 3.05) is 0 Å². The van der Waals surface area contributed by atoms with Gasteiger partial charge in [0, 0.05) is 41.3 Å². The van der Waals surface area contributed by atoms with E-state index in [-0.39, 0.29) is 51.5 Å². The summed E-state index contributed by atoms with van der Waals surface area (Å²) in [6, 6.07) is 10.8. The molecule has 42 heavy (non-hydrogen) atoms. The van der Waals surface area contributed by atoms with Crippen LogP contribution in [0.2, 0.25) is 0 Å². The Labute approximate surface area is 237 Å². The highest BCUT2D eigenvalue weighted by Crippen LogP contribution is 2.57. The molecule has 218 valence electrons. The van der Waals surface area contributed by atoms with Crippen LogP contribution in [0.5, 0.6) is 57.5 Å². The first-order valence-electron chi connectivity index (χ1n) is 12.8. The SMILES string of the molecule is Oc1cc(O)c2c(c1)O[C@H](c1ccc(O)c(O)c1)[C@@H](O)[C@@H]2c1c(O)cc(O)c2c1O[C@@H](c1ccc(O)c(O)c1)[C@@H](O)C2. The van der Waals surface area contributed by atoms with Gasteiger partial charge in [0.25, 0.3) is 0 Å². The first-order chi connectivity index (χ1) is 19.9. The number of aliphatic hydroxyl groups is 2. The first-order valence-corrected chi connectivity index (χ1v) is 12.8. The molecule has 0 radical (unpaired) electrons. The van der Waals surface area contributed by atoms with Crippen LogP contribution in [-0.2, 0) is 6.42 Å². The van der Waals surface area contributed by atoms with Crippen molar-refractivity contribution in [3.8, 4) is 57.5 Å². The van der Waals surface area contributed by atoms with Gasteiger partial charge < -0.3 is 60.5 Å². The first kappa shape index (κ1) is 27.0. The Bertz CT molecular complexity index is 1720. The topological polar surface area (TPSA) is 221 Å². The molecule has 0 spiro atoms. The van der Waals surface area contributed by atoms with Gasteiger partial charge in [-0.05, 0) is 35.4 Å². The second-order valence-electron chi connectivity index (χ2n) is 10.3. The summed E-state index contributed by atoms with van der Waals surface area (Å²) in [5.41, 5.74) is 0.435. The summed E-state index contributed by atoms with van der Waals surface area (Å²) < 4.78 is 12.1. The van der Waals surface area contributed by atoms with Crippen LogP contribution in [0.4, 0.5) is 0 Å². The molecule has 2 aliphatic heterocycles. The molecule has 0 saturated heterocycles. The second kappa shape index (κ2) is 9.72. The van der Waals surface area contributed by atoms with Crippen molar-refractivity contribution in [2.45, 2.75) is 36.8 Å². The Balaban J connectivity index is 1.55. The summed E-state index contributed by atoms with van der Waals surface area (Å²) in [6.07, 6.45) is -5.43. The quantitative estimate of drug-likeness (QED) is 0.159. The zero-order valence-electron chi connectivity index (χ0n) is 21.6. The fourth-order valence-electron chi connectivity index (χ4n) is 5.71. The highest BCUT2D eigenvalue weighted by molar-refractivity contribution is 5.65. The van der Waals surface area contributed by atoms with Crippen LogP contribution in [0.15, 0.2) is 54.6 Å².